The highest BCUT2D eigenvalue weighted by Crippen LogP contribution is 2.28. The molecule has 2 saturated heterocycles. The van der Waals surface area contributed by atoms with Gasteiger partial charge in [0.1, 0.15) is 11.9 Å². The molecule has 116 valence electrons. The molecule has 4 nitrogen and oxygen atoms in total. The summed E-state index contributed by atoms with van der Waals surface area (Å²) in [5.74, 6) is 0.827. The lowest BCUT2D eigenvalue weighted by molar-refractivity contribution is 0.162. The van der Waals surface area contributed by atoms with E-state index in [9.17, 15) is 0 Å². The Hall–Kier alpha value is -0.810. The minimum atomic E-state index is 0.294. The molecular weight excluding hydrogens is 286 g/mol. The third kappa shape index (κ3) is 4.33. The van der Waals surface area contributed by atoms with Gasteiger partial charge in [0.05, 0.1) is 5.02 Å². The Balaban J connectivity index is 1.59. The van der Waals surface area contributed by atoms with Crippen molar-refractivity contribution in [1.82, 2.24) is 15.5 Å². The molecule has 0 aliphatic carbocycles. The fourth-order valence-corrected chi connectivity index (χ4v) is 3.21. The van der Waals surface area contributed by atoms with Crippen LogP contribution in [0.15, 0.2) is 18.2 Å². The van der Waals surface area contributed by atoms with Gasteiger partial charge in [0.25, 0.3) is 0 Å². The highest BCUT2D eigenvalue weighted by Gasteiger charge is 2.16. The van der Waals surface area contributed by atoms with Gasteiger partial charge in [0, 0.05) is 32.7 Å². The smallest absolute Gasteiger partial charge is 0.138 e. The van der Waals surface area contributed by atoms with Crippen LogP contribution in [-0.2, 0) is 6.54 Å². The summed E-state index contributed by atoms with van der Waals surface area (Å²) in [5, 5.41) is 7.46. The zero-order chi connectivity index (χ0) is 14.5. The van der Waals surface area contributed by atoms with Crippen LogP contribution in [0.5, 0.6) is 5.75 Å². The molecule has 2 fully saturated rings. The SMILES string of the molecule is Clc1cc(CN2CCNCC2)ccc1OC1CCNCC1. The van der Waals surface area contributed by atoms with Crippen LogP contribution in [0.1, 0.15) is 18.4 Å². The summed E-state index contributed by atoms with van der Waals surface area (Å²) >= 11 is 6.39. The maximum atomic E-state index is 6.39. The standard InChI is InChI=1S/C16H24ClN3O/c17-15-11-13(12-20-9-7-19-8-10-20)1-2-16(15)21-14-3-5-18-6-4-14/h1-2,11,14,18-19H,3-10,12H2. The minimum Gasteiger partial charge on any atom is -0.489 e. The van der Waals surface area contributed by atoms with Gasteiger partial charge in [-0.25, -0.2) is 0 Å². The number of hydrogen-bond donors (Lipinski definition) is 2. The Morgan fingerprint density at radius 3 is 2.52 bits per heavy atom. The predicted molar refractivity (Wildman–Crippen MR) is 86.1 cm³/mol. The van der Waals surface area contributed by atoms with Crippen molar-refractivity contribution in [3.8, 4) is 5.75 Å². The van der Waals surface area contributed by atoms with E-state index in [-0.39, 0.29) is 0 Å². The molecule has 1 aromatic rings. The number of halogens is 1. The Bertz CT molecular complexity index is 457. The fraction of sp³-hybridized carbons (Fsp3) is 0.625. The van der Waals surface area contributed by atoms with E-state index in [0.717, 1.165) is 69.4 Å². The number of piperazine rings is 1. The Labute approximate surface area is 131 Å². The van der Waals surface area contributed by atoms with Crippen LogP contribution in [0.3, 0.4) is 0 Å². The topological polar surface area (TPSA) is 36.5 Å². The average molecular weight is 310 g/mol. The normalized spacial score (nSPS) is 21.4. The molecule has 0 unspecified atom stereocenters. The molecule has 0 aromatic heterocycles. The van der Waals surface area contributed by atoms with Gasteiger partial charge in [-0.15, -0.1) is 0 Å². The lowest BCUT2D eigenvalue weighted by atomic mass is 10.1. The molecule has 0 radical (unpaired) electrons. The molecule has 1 aromatic carbocycles. The molecule has 0 atom stereocenters. The summed E-state index contributed by atoms with van der Waals surface area (Å²) < 4.78 is 6.04. The maximum Gasteiger partial charge on any atom is 0.138 e. The summed E-state index contributed by atoms with van der Waals surface area (Å²) in [5.41, 5.74) is 1.26. The Morgan fingerprint density at radius 2 is 1.81 bits per heavy atom. The molecule has 2 aliphatic heterocycles. The quantitative estimate of drug-likeness (QED) is 0.890. The van der Waals surface area contributed by atoms with Crippen LogP contribution in [0.25, 0.3) is 0 Å². The second kappa shape index (κ2) is 7.45. The molecule has 0 spiro atoms. The number of rotatable bonds is 4. The van der Waals surface area contributed by atoms with E-state index in [1.54, 1.807) is 0 Å². The molecule has 0 amide bonds. The molecule has 0 bridgehead atoms. The highest BCUT2D eigenvalue weighted by atomic mass is 35.5. The van der Waals surface area contributed by atoms with E-state index in [0.29, 0.717) is 6.10 Å². The van der Waals surface area contributed by atoms with Crippen LogP contribution < -0.4 is 15.4 Å². The van der Waals surface area contributed by atoms with E-state index in [4.69, 9.17) is 16.3 Å². The largest absolute Gasteiger partial charge is 0.489 e. The van der Waals surface area contributed by atoms with Gasteiger partial charge in [-0.1, -0.05) is 17.7 Å². The first kappa shape index (κ1) is 15.1. The van der Waals surface area contributed by atoms with Crippen molar-refractivity contribution in [3.05, 3.63) is 28.8 Å². The number of benzene rings is 1. The van der Waals surface area contributed by atoms with Crippen LogP contribution in [0.2, 0.25) is 5.02 Å². The van der Waals surface area contributed by atoms with E-state index >= 15 is 0 Å². The molecule has 2 N–H and O–H groups in total. The first-order valence-corrected chi connectivity index (χ1v) is 8.28. The molecule has 5 heteroatoms. The second-order valence-electron chi connectivity index (χ2n) is 5.86. The van der Waals surface area contributed by atoms with Crippen molar-refractivity contribution in [2.75, 3.05) is 39.3 Å². The zero-order valence-corrected chi connectivity index (χ0v) is 13.2. The van der Waals surface area contributed by atoms with E-state index < -0.39 is 0 Å². The fourth-order valence-electron chi connectivity index (χ4n) is 2.96. The van der Waals surface area contributed by atoms with Crippen molar-refractivity contribution in [3.63, 3.8) is 0 Å². The van der Waals surface area contributed by atoms with E-state index in [1.807, 2.05) is 6.07 Å². The summed E-state index contributed by atoms with van der Waals surface area (Å²) in [6.07, 6.45) is 2.40. The summed E-state index contributed by atoms with van der Waals surface area (Å²) in [7, 11) is 0. The molecular formula is C16H24ClN3O. The first-order chi connectivity index (χ1) is 10.3. The van der Waals surface area contributed by atoms with E-state index in [1.165, 1.54) is 5.56 Å². The average Bonchev–Trinajstić information content (AvgIpc) is 2.52. The van der Waals surface area contributed by atoms with Crippen molar-refractivity contribution in [2.24, 2.45) is 0 Å². The maximum absolute atomic E-state index is 6.39. The lowest BCUT2D eigenvalue weighted by Gasteiger charge is -2.27. The van der Waals surface area contributed by atoms with Gasteiger partial charge in [0.15, 0.2) is 0 Å². The van der Waals surface area contributed by atoms with Crippen LogP contribution in [-0.4, -0.2) is 50.3 Å². The number of nitrogens with one attached hydrogen (secondary N) is 2. The van der Waals surface area contributed by atoms with Gasteiger partial charge in [0.2, 0.25) is 0 Å². The minimum absolute atomic E-state index is 0.294. The number of hydrogen-bond acceptors (Lipinski definition) is 4. The summed E-state index contributed by atoms with van der Waals surface area (Å²) in [6.45, 7) is 7.38. The van der Waals surface area contributed by atoms with Gasteiger partial charge < -0.3 is 15.4 Å². The summed E-state index contributed by atoms with van der Waals surface area (Å²) in [6, 6.07) is 6.23. The lowest BCUT2D eigenvalue weighted by Crippen LogP contribution is -2.42. The second-order valence-corrected chi connectivity index (χ2v) is 6.27. The third-order valence-electron chi connectivity index (χ3n) is 4.19. The van der Waals surface area contributed by atoms with E-state index in [2.05, 4.69) is 27.7 Å². The molecule has 0 saturated carbocycles. The number of ether oxygens (including phenoxy) is 1. The van der Waals surface area contributed by atoms with Crippen molar-refractivity contribution in [2.45, 2.75) is 25.5 Å². The number of nitrogens with zero attached hydrogens (tertiary/aromatic N) is 1. The Morgan fingerprint density at radius 1 is 1.10 bits per heavy atom. The van der Waals surface area contributed by atoms with Crippen LogP contribution >= 0.6 is 11.6 Å². The summed E-state index contributed by atoms with van der Waals surface area (Å²) in [4.78, 5) is 2.45. The van der Waals surface area contributed by atoms with Crippen molar-refractivity contribution >= 4 is 11.6 Å². The van der Waals surface area contributed by atoms with Gasteiger partial charge >= 0.3 is 0 Å². The van der Waals surface area contributed by atoms with Gasteiger partial charge in [-0.3, -0.25) is 4.90 Å². The van der Waals surface area contributed by atoms with Gasteiger partial charge in [-0.05, 0) is 43.6 Å². The zero-order valence-electron chi connectivity index (χ0n) is 12.4. The number of piperidine rings is 1. The van der Waals surface area contributed by atoms with Crippen molar-refractivity contribution in [1.29, 1.82) is 0 Å². The van der Waals surface area contributed by atoms with Gasteiger partial charge in [-0.2, -0.15) is 0 Å². The van der Waals surface area contributed by atoms with Crippen molar-refractivity contribution < 1.29 is 4.74 Å². The molecule has 21 heavy (non-hydrogen) atoms. The highest BCUT2D eigenvalue weighted by molar-refractivity contribution is 6.32. The monoisotopic (exact) mass is 309 g/mol. The molecule has 2 heterocycles. The molecule has 2 aliphatic rings. The van der Waals surface area contributed by atoms with Crippen LogP contribution in [0.4, 0.5) is 0 Å². The predicted octanol–water partition coefficient (Wildman–Crippen LogP) is 1.88. The molecule has 3 rings (SSSR count). The van der Waals surface area contributed by atoms with Crippen LogP contribution in [0, 0.1) is 0 Å². The Kier molecular flexibility index (Phi) is 5.36. The first-order valence-electron chi connectivity index (χ1n) is 7.90. The third-order valence-corrected chi connectivity index (χ3v) is 4.49.